The lowest BCUT2D eigenvalue weighted by Crippen LogP contribution is -2.49. The number of methoxy groups -OCH3 is 2. The predicted octanol–water partition coefficient (Wildman–Crippen LogP) is 4.34. The van der Waals surface area contributed by atoms with Crippen molar-refractivity contribution in [1.82, 2.24) is 9.91 Å². The summed E-state index contributed by atoms with van der Waals surface area (Å²) in [4.78, 5) is 17.7. The smallest absolute Gasteiger partial charge is 0.257 e. The van der Waals surface area contributed by atoms with Crippen LogP contribution in [-0.2, 0) is 4.79 Å². The van der Waals surface area contributed by atoms with Crippen molar-refractivity contribution in [2.45, 2.75) is 12.5 Å². The second kappa shape index (κ2) is 11.0. The van der Waals surface area contributed by atoms with Crippen LogP contribution in [-0.4, -0.2) is 68.5 Å². The lowest BCUT2D eigenvalue weighted by molar-refractivity contribution is -0.134. The van der Waals surface area contributed by atoms with Gasteiger partial charge in [0, 0.05) is 38.2 Å². The summed E-state index contributed by atoms with van der Waals surface area (Å²) in [6.45, 7) is 2.93. The normalized spacial score (nSPS) is 18.0. The monoisotopic (exact) mass is 502 g/mol. The molecular weight excluding hydrogens is 471 g/mol. The van der Waals surface area contributed by atoms with Crippen molar-refractivity contribution in [2.75, 3.05) is 51.8 Å². The van der Waals surface area contributed by atoms with Crippen LogP contribution in [0.3, 0.4) is 0 Å². The predicted molar refractivity (Wildman–Crippen MR) is 142 cm³/mol. The first kappa shape index (κ1) is 24.8. The van der Waals surface area contributed by atoms with Gasteiger partial charge in [-0.15, -0.1) is 0 Å². The fourth-order valence-electron chi connectivity index (χ4n) is 4.92. The van der Waals surface area contributed by atoms with E-state index in [-0.39, 0.29) is 24.3 Å². The summed E-state index contributed by atoms with van der Waals surface area (Å²) in [5, 5.41) is 6.43. The third-order valence-electron chi connectivity index (χ3n) is 6.99. The number of benzene rings is 3. The number of nitrogens with zero attached hydrogens (tertiary/aromatic N) is 4. The van der Waals surface area contributed by atoms with Crippen LogP contribution in [0, 0.1) is 5.82 Å². The number of hydrazone groups is 1. The highest BCUT2D eigenvalue weighted by Gasteiger charge is 2.34. The number of piperazine rings is 1. The molecule has 7 nitrogen and oxygen atoms in total. The minimum Gasteiger partial charge on any atom is -0.497 e. The number of ether oxygens (including phenoxy) is 2. The summed E-state index contributed by atoms with van der Waals surface area (Å²) in [5.41, 5.74) is 3.39. The van der Waals surface area contributed by atoms with Crippen LogP contribution in [0.15, 0.2) is 77.9 Å². The molecule has 2 heterocycles. The minimum absolute atomic E-state index is 0.0574. The van der Waals surface area contributed by atoms with Crippen molar-refractivity contribution in [2.24, 2.45) is 5.10 Å². The van der Waals surface area contributed by atoms with Crippen molar-refractivity contribution in [3.8, 4) is 11.5 Å². The summed E-state index contributed by atoms with van der Waals surface area (Å²) in [5.74, 6) is 1.24. The number of halogens is 1. The molecule has 0 N–H and O–H groups in total. The van der Waals surface area contributed by atoms with Gasteiger partial charge in [-0.05, 0) is 42.0 Å². The number of para-hydroxylation sites is 1. The first-order chi connectivity index (χ1) is 18.1. The molecule has 37 heavy (non-hydrogen) atoms. The summed E-state index contributed by atoms with van der Waals surface area (Å²) in [6, 6.07) is 22.2. The van der Waals surface area contributed by atoms with Crippen LogP contribution in [0.4, 0.5) is 10.1 Å². The zero-order valence-corrected chi connectivity index (χ0v) is 21.1. The van der Waals surface area contributed by atoms with Crippen LogP contribution in [0.2, 0.25) is 0 Å². The Morgan fingerprint density at radius 3 is 2.35 bits per heavy atom. The van der Waals surface area contributed by atoms with Gasteiger partial charge in [0.15, 0.2) is 0 Å². The number of anilines is 1. The molecule has 5 rings (SSSR count). The van der Waals surface area contributed by atoms with E-state index < -0.39 is 0 Å². The second-order valence-corrected chi connectivity index (χ2v) is 9.22. The molecule has 3 aromatic rings. The Balaban J connectivity index is 1.32. The van der Waals surface area contributed by atoms with Gasteiger partial charge in [-0.1, -0.05) is 36.4 Å². The maximum Gasteiger partial charge on any atom is 0.257 e. The van der Waals surface area contributed by atoms with Crippen LogP contribution >= 0.6 is 0 Å². The highest BCUT2D eigenvalue weighted by atomic mass is 19.1. The van der Waals surface area contributed by atoms with Crippen molar-refractivity contribution in [3.63, 3.8) is 0 Å². The molecule has 0 unspecified atom stereocenters. The Morgan fingerprint density at radius 1 is 0.919 bits per heavy atom. The largest absolute Gasteiger partial charge is 0.497 e. The Morgan fingerprint density at radius 2 is 1.65 bits per heavy atom. The van der Waals surface area contributed by atoms with Gasteiger partial charge in [0.05, 0.1) is 38.2 Å². The van der Waals surface area contributed by atoms with E-state index in [1.807, 2.05) is 59.5 Å². The lowest BCUT2D eigenvalue weighted by Gasteiger charge is -2.36. The van der Waals surface area contributed by atoms with Gasteiger partial charge in [0.1, 0.15) is 17.3 Å². The molecule has 0 radical (unpaired) electrons. The standard InChI is InChI=1S/C29H31FN4O3/c1-36-23-12-10-21(11-13-23)28-19-26(22-6-5-7-24(18-22)37-2)31-34(28)29(35)20-32-14-16-33(17-15-32)27-9-4-3-8-25(27)30/h3-13,18,28H,14-17,19-20H2,1-2H3/t28-/m1/s1. The van der Waals surface area contributed by atoms with Gasteiger partial charge in [0.25, 0.3) is 5.91 Å². The third-order valence-corrected chi connectivity index (χ3v) is 6.99. The second-order valence-electron chi connectivity index (χ2n) is 9.22. The average Bonchev–Trinajstić information content (AvgIpc) is 3.40. The van der Waals surface area contributed by atoms with Gasteiger partial charge >= 0.3 is 0 Å². The zero-order chi connectivity index (χ0) is 25.8. The zero-order valence-electron chi connectivity index (χ0n) is 21.1. The number of hydrogen-bond acceptors (Lipinski definition) is 6. The molecule has 0 aliphatic carbocycles. The highest BCUT2D eigenvalue weighted by Crippen LogP contribution is 2.34. The van der Waals surface area contributed by atoms with E-state index in [0.29, 0.717) is 38.3 Å². The van der Waals surface area contributed by atoms with Gasteiger partial charge < -0.3 is 14.4 Å². The Hall–Kier alpha value is -3.91. The molecule has 192 valence electrons. The van der Waals surface area contributed by atoms with Crippen LogP contribution in [0.5, 0.6) is 11.5 Å². The Bertz CT molecular complexity index is 1270. The van der Waals surface area contributed by atoms with Gasteiger partial charge in [-0.25, -0.2) is 9.40 Å². The third kappa shape index (κ3) is 5.44. The molecule has 0 spiro atoms. The summed E-state index contributed by atoms with van der Waals surface area (Å²) >= 11 is 0. The first-order valence-electron chi connectivity index (χ1n) is 12.5. The van der Waals surface area contributed by atoms with E-state index in [2.05, 4.69) is 4.90 Å². The minimum atomic E-state index is -0.217. The van der Waals surface area contributed by atoms with Crippen LogP contribution in [0.1, 0.15) is 23.6 Å². The topological polar surface area (TPSA) is 57.6 Å². The fraction of sp³-hybridized carbons (Fsp3) is 0.310. The summed E-state index contributed by atoms with van der Waals surface area (Å²) in [6.07, 6.45) is 0.603. The van der Waals surface area contributed by atoms with Gasteiger partial charge in [-0.3, -0.25) is 9.69 Å². The van der Waals surface area contributed by atoms with E-state index in [1.165, 1.54) is 6.07 Å². The molecule has 8 heteroatoms. The quantitative estimate of drug-likeness (QED) is 0.481. The fourth-order valence-corrected chi connectivity index (χ4v) is 4.92. The number of amides is 1. The van der Waals surface area contributed by atoms with Crippen LogP contribution < -0.4 is 14.4 Å². The number of carbonyl (C=O) groups excluding carboxylic acids is 1. The molecule has 2 aliphatic rings. The molecule has 1 saturated heterocycles. The number of hydrogen-bond donors (Lipinski definition) is 0. The van der Waals surface area contributed by atoms with Crippen LogP contribution in [0.25, 0.3) is 0 Å². The average molecular weight is 503 g/mol. The van der Waals surface area contributed by atoms with E-state index in [4.69, 9.17) is 14.6 Å². The van der Waals surface area contributed by atoms with E-state index in [1.54, 1.807) is 31.4 Å². The van der Waals surface area contributed by atoms with Gasteiger partial charge in [-0.2, -0.15) is 5.10 Å². The van der Waals surface area contributed by atoms with Crippen molar-refractivity contribution in [3.05, 3.63) is 89.7 Å². The molecular formula is C29H31FN4O3. The first-order valence-corrected chi connectivity index (χ1v) is 12.5. The van der Waals surface area contributed by atoms with Crippen molar-refractivity contribution in [1.29, 1.82) is 0 Å². The highest BCUT2D eigenvalue weighted by molar-refractivity contribution is 6.03. The molecule has 0 bridgehead atoms. The maximum atomic E-state index is 14.2. The molecule has 1 atom stereocenters. The molecule has 1 amide bonds. The Labute approximate surface area is 216 Å². The van der Waals surface area contributed by atoms with E-state index in [9.17, 15) is 9.18 Å². The van der Waals surface area contributed by atoms with Gasteiger partial charge in [0.2, 0.25) is 0 Å². The summed E-state index contributed by atoms with van der Waals surface area (Å²) in [7, 11) is 3.27. The lowest BCUT2D eigenvalue weighted by atomic mass is 9.98. The maximum absolute atomic E-state index is 14.2. The number of rotatable bonds is 7. The SMILES string of the molecule is COc1ccc([C@H]2CC(c3cccc(OC)c3)=NN2C(=O)CN2CCN(c3ccccc3F)CC2)cc1. The molecule has 1 fully saturated rings. The Kier molecular flexibility index (Phi) is 7.37. The summed E-state index contributed by atoms with van der Waals surface area (Å²) < 4.78 is 24.9. The van der Waals surface area contributed by atoms with E-state index >= 15 is 0 Å². The molecule has 3 aromatic carbocycles. The number of carbonyl (C=O) groups is 1. The van der Waals surface area contributed by atoms with Crippen molar-refractivity contribution >= 4 is 17.3 Å². The molecule has 0 aromatic heterocycles. The molecule has 0 saturated carbocycles. The molecule has 2 aliphatic heterocycles. The van der Waals surface area contributed by atoms with E-state index in [0.717, 1.165) is 28.3 Å². The van der Waals surface area contributed by atoms with Crippen molar-refractivity contribution < 1.29 is 18.7 Å².